The van der Waals surface area contributed by atoms with E-state index in [1.165, 1.54) is 17.2 Å². The van der Waals surface area contributed by atoms with Crippen molar-refractivity contribution in [1.82, 2.24) is 15.0 Å². The summed E-state index contributed by atoms with van der Waals surface area (Å²) in [7, 11) is 0. The maximum absolute atomic E-state index is 15.0. The highest BCUT2D eigenvalue weighted by molar-refractivity contribution is 5.91. The van der Waals surface area contributed by atoms with Crippen molar-refractivity contribution in [1.29, 1.82) is 0 Å². The summed E-state index contributed by atoms with van der Waals surface area (Å²) in [5.74, 6) is -8.48. The van der Waals surface area contributed by atoms with Gasteiger partial charge in [0.05, 0.1) is 12.6 Å². The number of carbonyl (C=O) groups is 2. The van der Waals surface area contributed by atoms with Crippen LogP contribution in [0.5, 0.6) is 0 Å². The molecule has 4 rings (SSSR count). The lowest BCUT2D eigenvalue weighted by atomic mass is 9.90. The maximum Gasteiger partial charge on any atom is 0.276 e. The van der Waals surface area contributed by atoms with E-state index in [0.717, 1.165) is 23.5 Å². The summed E-state index contributed by atoms with van der Waals surface area (Å²) in [5, 5.41) is 4.77. The van der Waals surface area contributed by atoms with Crippen LogP contribution in [-0.4, -0.2) is 52.0 Å². The first-order valence-corrected chi connectivity index (χ1v) is 9.72. The van der Waals surface area contributed by atoms with Gasteiger partial charge in [-0.2, -0.15) is 5.10 Å². The molecule has 1 aromatic carbocycles. The minimum absolute atomic E-state index is 0.0536. The predicted molar refractivity (Wildman–Crippen MR) is 105 cm³/mol. The van der Waals surface area contributed by atoms with Gasteiger partial charge in [0.25, 0.3) is 17.7 Å². The Kier molecular flexibility index (Phi) is 5.53. The van der Waals surface area contributed by atoms with E-state index in [4.69, 9.17) is 5.73 Å². The number of rotatable bonds is 4. The summed E-state index contributed by atoms with van der Waals surface area (Å²) >= 11 is 0. The molecule has 0 bridgehead atoms. The van der Waals surface area contributed by atoms with Crippen molar-refractivity contribution in [2.45, 2.75) is 24.8 Å². The molecular weight excluding hydrogens is 432 g/mol. The maximum atomic E-state index is 15.0. The molecule has 0 aliphatic carbocycles. The van der Waals surface area contributed by atoms with Gasteiger partial charge in [-0.15, -0.1) is 0 Å². The molecule has 0 spiro atoms. The molecule has 2 amide bonds. The van der Waals surface area contributed by atoms with E-state index in [-0.39, 0.29) is 36.5 Å². The number of amides is 2. The van der Waals surface area contributed by atoms with Crippen LogP contribution in [0, 0.1) is 17.6 Å². The number of piperidine rings is 1. The van der Waals surface area contributed by atoms with Crippen LogP contribution in [0.15, 0.2) is 35.7 Å². The average Bonchev–Trinajstić information content (AvgIpc) is 3.22. The van der Waals surface area contributed by atoms with Crippen molar-refractivity contribution in [2.75, 3.05) is 18.0 Å². The standard InChI is InChI=1S/C20H18F4N6O2/c21-12-5-11(6-13(22)7-12)16-1-3-28-30(16)19(32)14-2-4-29(9-20(14,23)24)17-8-15(18(25)31)26-10-27-17/h3,5-8,10,14,16H,1-2,4,9H2,(H2,25,31)/t14-,16-/m1/s1. The third-order valence-electron chi connectivity index (χ3n) is 5.45. The van der Waals surface area contributed by atoms with Gasteiger partial charge in [0.2, 0.25) is 0 Å². The zero-order chi connectivity index (χ0) is 23.0. The Morgan fingerprint density at radius 2 is 1.81 bits per heavy atom. The molecule has 2 aromatic rings. The highest BCUT2D eigenvalue weighted by atomic mass is 19.3. The van der Waals surface area contributed by atoms with Gasteiger partial charge in [-0.05, 0) is 24.1 Å². The molecule has 3 heterocycles. The minimum Gasteiger partial charge on any atom is -0.364 e. The Morgan fingerprint density at radius 1 is 1.09 bits per heavy atom. The molecule has 168 valence electrons. The number of nitrogens with zero attached hydrogens (tertiary/aromatic N) is 5. The molecule has 2 N–H and O–H groups in total. The van der Waals surface area contributed by atoms with Gasteiger partial charge in [0.1, 0.15) is 35.4 Å². The third kappa shape index (κ3) is 4.12. The second-order valence-corrected chi connectivity index (χ2v) is 7.58. The Labute approximate surface area is 179 Å². The van der Waals surface area contributed by atoms with E-state index in [9.17, 15) is 18.4 Å². The first-order valence-electron chi connectivity index (χ1n) is 9.72. The van der Waals surface area contributed by atoms with E-state index in [2.05, 4.69) is 15.1 Å². The number of hydrogen-bond acceptors (Lipinski definition) is 6. The van der Waals surface area contributed by atoms with Crippen molar-refractivity contribution in [3.8, 4) is 0 Å². The number of anilines is 1. The van der Waals surface area contributed by atoms with Crippen LogP contribution in [0.1, 0.15) is 34.9 Å². The lowest BCUT2D eigenvalue weighted by molar-refractivity contribution is -0.153. The highest BCUT2D eigenvalue weighted by Crippen LogP contribution is 2.39. The number of hydrogen-bond donors (Lipinski definition) is 1. The SMILES string of the molecule is NC(=O)c1cc(N2CC[C@H](C(=O)N3N=CC[C@@H]3c3cc(F)cc(F)c3)C(F)(F)C2)ncn1. The van der Waals surface area contributed by atoms with Gasteiger partial charge in [-0.1, -0.05) is 0 Å². The molecule has 1 saturated heterocycles. The second kappa shape index (κ2) is 8.17. The summed E-state index contributed by atoms with van der Waals surface area (Å²) in [6.07, 6.45) is 2.32. The summed E-state index contributed by atoms with van der Waals surface area (Å²) in [6, 6.07) is 3.12. The molecule has 1 fully saturated rings. The van der Waals surface area contributed by atoms with Gasteiger partial charge in [0, 0.05) is 31.3 Å². The third-order valence-corrected chi connectivity index (χ3v) is 5.45. The average molecular weight is 450 g/mol. The van der Waals surface area contributed by atoms with Gasteiger partial charge >= 0.3 is 0 Å². The van der Waals surface area contributed by atoms with E-state index in [1.54, 1.807) is 0 Å². The van der Waals surface area contributed by atoms with Gasteiger partial charge < -0.3 is 10.6 Å². The largest absolute Gasteiger partial charge is 0.364 e. The minimum atomic E-state index is -3.46. The molecule has 0 radical (unpaired) electrons. The van der Waals surface area contributed by atoms with Gasteiger partial charge in [-0.25, -0.2) is 32.5 Å². The van der Waals surface area contributed by atoms with Crippen molar-refractivity contribution in [2.24, 2.45) is 16.8 Å². The van der Waals surface area contributed by atoms with Crippen LogP contribution in [0.2, 0.25) is 0 Å². The number of halogens is 4. The fourth-order valence-corrected chi connectivity index (χ4v) is 3.92. The Hall–Kier alpha value is -3.57. The summed E-state index contributed by atoms with van der Waals surface area (Å²) in [6.45, 7) is -0.770. The van der Waals surface area contributed by atoms with Crippen LogP contribution in [0.4, 0.5) is 23.4 Å². The van der Waals surface area contributed by atoms with Crippen LogP contribution in [0.3, 0.4) is 0 Å². The zero-order valence-electron chi connectivity index (χ0n) is 16.6. The number of carbonyl (C=O) groups excluding carboxylic acids is 2. The summed E-state index contributed by atoms with van der Waals surface area (Å²) in [4.78, 5) is 33.1. The number of hydrazone groups is 1. The Morgan fingerprint density at radius 3 is 2.47 bits per heavy atom. The fraction of sp³-hybridized carbons (Fsp3) is 0.350. The molecule has 0 saturated carbocycles. The molecule has 12 heteroatoms. The summed E-state index contributed by atoms with van der Waals surface area (Å²) in [5.41, 5.74) is 5.19. The second-order valence-electron chi connectivity index (χ2n) is 7.58. The van der Waals surface area contributed by atoms with Crippen molar-refractivity contribution >= 4 is 23.8 Å². The number of benzene rings is 1. The summed E-state index contributed by atoms with van der Waals surface area (Å²) < 4.78 is 57.3. The number of primary amides is 1. The van der Waals surface area contributed by atoms with Crippen molar-refractivity contribution in [3.63, 3.8) is 0 Å². The van der Waals surface area contributed by atoms with Crippen LogP contribution in [0.25, 0.3) is 0 Å². The molecule has 0 unspecified atom stereocenters. The molecule has 2 atom stereocenters. The number of alkyl halides is 2. The lowest BCUT2D eigenvalue weighted by Crippen LogP contribution is -2.54. The van der Waals surface area contributed by atoms with E-state index in [1.807, 2.05) is 0 Å². The lowest BCUT2D eigenvalue weighted by Gasteiger charge is -2.39. The van der Waals surface area contributed by atoms with Gasteiger partial charge in [-0.3, -0.25) is 9.59 Å². The highest BCUT2D eigenvalue weighted by Gasteiger charge is 2.51. The van der Waals surface area contributed by atoms with E-state index < -0.39 is 47.9 Å². The fourth-order valence-electron chi connectivity index (χ4n) is 3.92. The predicted octanol–water partition coefficient (Wildman–Crippen LogP) is 2.27. The normalized spacial score (nSPS) is 22.2. The first-order chi connectivity index (χ1) is 15.2. The Balaban J connectivity index is 1.53. The topological polar surface area (TPSA) is 105 Å². The molecule has 32 heavy (non-hydrogen) atoms. The van der Waals surface area contributed by atoms with Gasteiger partial charge in [0.15, 0.2) is 0 Å². The number of nitrogens with two attached hydrogens (primary N) is 1. The molecular formula is C20H18F4N6O2. The molecule has 1 aromatic heterocycles. The van der Waals surface area contributed by atoms with Crippen molar-refractivity contribution < 1.29 is 27.2 Å². The van der Waals surface area contributed by atoms with Crippen LogP contribution < -0.4 is 10.6 Å². The van der Waals surface area contributed by atoms with Crippen LogP contribution >= 0.6 is 0 Å². The molecule has 2 aliphatic rings. The first kappa shape index (κ1) is 21.7. The number of aromatic nitrogens is 2. The van der Waals surface area contributed by atoms with Crippen molar-refractivity contribution in [3.05, 3.63) is 53.5 Å². The van der Waals surface area contributed by atoms with Crippen LogP contribution in [-0.2, 0) is 4.79 Å². The van der Waals surface area contributed by atoms with E-state index in [0.29, 0.717) is 6.07 Å². The monoisotopic (exact) mass is 450 g/mol. The quantitative estimate of drug-likeness (QED) is 0.720. The molecule has 2 aliphatic heterocycles. The smallest absolute Gasteiger partial charge is 0.276 e. The molecule has 8 nitrogen and oxygen atoms in total. The zero-order valence-corrected chi connectivity index (χ0v) is 16.6. The van der Waals surface area contributed by atoms with E-state index >= 15 is 8.78 Å². The Bertz CT molecular complexity index is 1080.